The summed E-state index contributed by atoms with van der Waals surface area (Å²) in [6.45, 7) is 2.74. The van der Waals surface area contributed by atoms with Crippen LogP contribution in [0.4, 0.5) is 8.78 Å². The monoisotopic (exact) mass is 542 g/mol. The van der Waals surface area contributed by atoms with Gasteiger partial charge < -0.3 is 24.8 Å². The van der Waals surface area contributed by atoms with E-state index in [9.17, 15) is 8.78 Å². The summed E-state index contributed by atoms with van der Waals surface area (Å²) in [5, 5.41) is 6.41. The van der Waals surface area contributed by atoms with Crippen LogP contribution >= 0.6 is 24.0 Å². The molecular formula is C20H33F2IN4O3. The number of hydrogen-bond acceptors (Lipinski definition) is 5. The molecule has 0 amide bonds. The summed E-state index contributed by atoms with van der Waals surface area (Å²) in [5.74, 6) is 0.942. The maximum Gasteiger partial charge on any atom is 0.387 e. The molecule has 1 aliphatic rings. The summed E-state index contributed by atoms with van der Waals surface area (Å²) in [5.41, 5.74) is 0.568. The Balaban J connectivity index is 0.00000450. The van der Waals surface area contributed by atoms with Gasteiger partial charge in [-0.2, -0.15) is 8.78 Å². The molecule has 172 valence electrons. The Kier molecular flexibility index (Phi) is 12.9. The second-order valence-electron chi connectivity index (χ2n) is 6.67. The minimum Gasteiger partial charge on any atom is -0.490 e. The molecule has 0 bridgehead atoms. The molecular weight excluding hydrogens is 509 g/mol. The third-order valence-corrected chi connectivity index (χ3v) is 4.57. The van der Waals surface area contributed by atoms with Gasteiger partial charge in [0.05, 0.1) is 13.2 Å². The smallest absolute Gasteiger partial charge is 0.387 e. The number of alkyl halides is 2. The number of ether oxygens (including phenoxy) is 3. The standard InChI is InChI=1S/C20H32F2N4O3.HI/c1-4-28-17-7-5-6-15(18(17)29-19(21)22)14-25-20(23-2)24-10-11-26(12-13-27-3)16-8-9-16;/h5-7,16,19H,4,8-14H2,1-3H3,(H2,23,24,25);1H. The lowest BCUT2D eigenvalue weighted by atomic mass is 10.2. The van der Waals surface area contributed by atoms with E-state index in [0.717, 1.165) is 19.6 Å². The summed E-state index contributed by atoms with van der Waals surface area (Å²) in [4.78, 5) is 6.61. The fraction of sp³-hybridized carbons (Fsp3) is 0.650. The zero-order chi connectivity index (χ0) is 21.1. The second-order valence-corrected chi connectivity index (χ2v) is 6.67. The summed E-state index contributed by atoms with van der Waals surface area (Å²) in [6.07, 6.45) is 2.47. The van der Waals surface area contributed by atoms with Crippen LogP contribution in [0.1, 0.15) is 25.3 Å². The Labute approximate surface area is 194 Å². The molecule has 0 aromatic heterocycles. The van der Waals surface area contributed by atoms with Crippen molar-refractivity contribution in [1.82, 2.24) is 15.5 Å². The van der Waals surface area contributed by atoms with E-state index >= 15 is 0 Å². The molecule has 1 aliphatic carbocycles. The predicted octanol–water partition coefficient (Wildman–Crippen LogP) is 3.08. The van der Waals surface area contributed by atoms with Crippen LogP contribution in [-0.4, -0.2) is 70.5 Å². The Hall–Kier alpha value is -1.40. The molecule has 2 rings (SSSR count). The molecule has 0 aliphatic heterocycles. The zero-order valence-electron chi connectivity index (χ0n) is 17.8. The Morgan fingerprint density at radius 3 is 2.63 bits per heavy atom. The fourth-order valence-electron chi connectivity index (χ4n) is 3.04. The normalized spacial score (nSPS) is 13.9. The largest absolute Gasteiger partial charge is 0.490 e. The van der Waals surface area contributed by atoms with Crippen LogP contribution in [0.25, 0.3) is 0 Å². The van der Waals surface area contributed by atoms with Crippen molar-refractivity contribution in [1.29, 1.82) is 0 Å². The average molecular weight is 542 g/mol. The van der Waals surface area contributed by atoms with Gasteiger partial charge in [-0.15, -0.1) is 24.0 Å². The summed E-state index contributed by atoms with van der Waals surface area (Å²) < 4.78 is 41.0. The highest BCUT2D eigenvalue weighted by Gasteiger charge is 2.28. The van der Waals surface area contributed by atoms with Crippen LogP contribution in [-0.2, 0) is 11.3 Å². The molecule has 10 heteroatoms. The predicted molar refractivity (Wildman–Crippen MR) is 124 cm³/mol. The third-order valence-electron chi connectivity index (χ3n) is 4.57. The molecule has 1 saturated carbocycles. The summed E-state index contributed by atoms with van der Waals surface area (Å²) in [7, 11) is 3.38. The first kappa shape index (κ1) is 26.6. The maximum absolute atomic E-state index is 12.8. The van der Waals surface area contributed by atoms with Crippen molar-refractivity contribution in [2.24, 2.45) is 4.99 Å². The number of benzene rings is 1. The molecule has 0 saturated heterocycles. The van der Waals surface area contributed by atoms with Gasteiger partial charge >= 0.3 is 6.61 Å². The van der Waals surface area contributed by atoms with E-state index in [1.54, 1.807) is 39.3 Å². The molecule has 30 heavy (non-hydrogen) atoms. The van der Waals surface area contributed by atoms with Crippen LogP contribution in [0.3, 0.4) is 0 Å². The number of aliphatic imine (C=N–C) groups is 1. The van der Waals surface area contributed by atoms with E-state index in [2.05, 4.69) is 20.5 Å². The Morgan fingerprint density at radius 2 is 2.03 bits per heavy atom. The maximum atomic E-state index is 12.8. The molecule has 0 radical (unpaired) electrons. The summed E-state index contributed by atoms with van der Waals surface area (Å²) in [6, 6.07) is 5.74. The minimum absolute atomic E-state index is 0. The Morgan fingerprint density at radius 1 is 1.27 bits per heavy atom. The summed E-state index contributed by atoms with van der Waals surface area (Å²) >= 11 is 0. The average Bonchev–Trinajstić information content (AvgIpc) is 3.54. The quantitative estimate of drug-likeness (QED) is 0.227. The zero-order valence-corrected chi connectivity index (χ0v) is 20.2. The highest BCUT2D eigenvalue weighted by atomic mass is 127. The van der Waals surface area contributed by atoms with Gasteiger partial charge in [-0.25, -0.2) is 0 Å². The fourth-order valence-corrected chi connectivity index (χ4v) is 3.04. The van der Waals surface area contributed by atoms with Gasteiger partial charge in [-0.05, 0) is 25.8 Å². The van der Waals surface area contributed by atoms with Crippen molar-refractivity contribution < 1.29 is 23.0 Å². The van der Waals surface area contributed by atoms with Crippen molar-refractivity contribution in [3.63, 3.8) is 0 Å². The third kappa shape index (κ3) is 9.17. The molecule has 0 spiro atoms. The number of guanidine groups is 1. The second kappa shape index (κ2) is 14.6. The SMILES string of the molecule is CCOc1cccc(CNC(=NC)NCCN(CCOC)C2CC2)c1OC(F)F.I. The van der Waals surface area contributed by atoms with Crippen molar-refractivity contribution in [3.8, 4) is 11.5 Å². The molecule has 1 aromatic carbocycles. The molecule has 0 unspecified atom stereocenters. The van der Waals surface area contributed by atoms with Crippen LogP contribution in [0.5, 0.6) is 11.5 Å². The van der Waals surface area contributed by atoms with Gasteiger partial charge in [0.25, 0.3) is 0 Å². The first-order valence-corrected chi connectivity index (χ1v) is 9.96. The highest BCUT2D eigenvalue weighted by molar-refractivity contribution is 14.0. The van der Waals surface area contributed by atoms with E-state index in [-0.39, 0.29) is 36.3 Å². The van der Waals surface area contributed by atoms with E-state index in [0.29, 0.717) is 36.5 Å². The van der Waals surface area contributed by atoms with E-state index in [4.69, 9.17) is 14.2 Å². The van der Waals surface area contributed by atoms with Crippen LogP contribution < -0.4 is 20.1 Å². The number of hydrogen-bond donors (Lipinski definition) is 2. The number of rotatable bonds is 13. The van der Waals surface area contributed by atoms with Crippen LogP contribution in [0, 0.1) is 0 Å². The van der Waals surface area contributed by atoms with Crippen molar-refractivity contribution in [3.05, 3.63) is 23.8 Å². The van der Waals surface area contributed by atoms with Gasteiger partial charge in [-0.3, -0.25) is 9.89 Å². The van der Waals surface area contributed by atoms with E-state index in [1.165, 1.54) is 12.8 Å². The van der Waals surface area contributed by atoms with Crippen LogP contribution in [0.2, 0.25) is 0 Å². The first-order valence-electron chi connectivity index (χ1n) is 9.96. The van der Waals surface area contributed by atoms with Gasteiger partial charge in [0, 0.05) is 51.9 Å². The molecule has 1 aromatic rings. The lowest BCUT2D eigenvalue weighted by Crippen LogP contribution is -2.42. The minimum atomic E-state index is -2.92. The molecule has 1 fully saturated rings. The van der Waals surface area contributed by atoms with E-state index < -0.39 is 6.61 Å². The van der Waals surface area contributed by atoms with Gasteiger partial charge in [-0.1, -0.05) is 12.1 Å². The van der Waals surface area contributed by atoms with Crippen molar-refractivity contribution in [2.75, 3.05) is 47.0 Å². The lowest BCUT2D eigenvalue weighted by Gasteiger charge is -2.22. The van der Waals surface area contributed by atoms with Crippen molar-refractivity contribution in [2.45, 2.75) is 39.0 Å². The molecule has 0 heterocycles. The number of nitrogens with zero attached hydrogens (tertiary/aromatic N) is 2. The van der Waals surface area contributed by atoms with E-state index in [1.807, 2.05) is 0 Å². The number of para-hydroxylation sites is 1. The number of methoxy groups -OCH3 is 1. The number of nitrogens with one attached hydrogen (secondary N) is 2. The molecule has 7 nitrogen and oxygen atoms in total. The molecule has 2 N–H and O–H groups in total. The van der Waals surface area contributed by atoms with Gasteiger partial charge in [0.1, 0.15) is 0 Å². The topological polar surface area (TPSA) is 67.4 Å². The number of halogens is 3. The Bertz CT molecular complexity index is 648. The van der Waals surface area contributed by atoms with Crippen LogP contribution in [0.15, 0.2) is 23.2 Å². The lowest BCUT2D eigenvalue weighted by molar-refractivity contribution is -0.0520. The van der Waals surface area contributed by atoms with Gasteiger partial charge in [0.2, 0.25) is 0 Å². The first-order chi connectivity index (χ1) is 14.1. The highest BCUT2D eigenvalue weighted by Crippen LogP contribution is 2.32. The molecule has 0 atom stereocenters. The van der Waals surface area contributed by atoms with Gasteiger partial charge in [0.15, 0.2) is 17.5 Å². The van der Waals surface area contributed by atoms with Crippen molar-refractivity contribution >= 4 is 29.9 Å².